The number of carbonyl (C=O) groups is 2. The van der Waals surface area contributed by atoms with E-state index in [4.69, 9.17) is 13.9 Å². The molecular weight excluding hydrogens is 402 g/mol. The van der Waals surface area contributed by atoms with Gasteiger partial charge in [0, 0.05) is 30.2 Å². The van der Waals surface area contributed by atoms with Crippen molar-refractivity contribution in [3.63, 3.8) is 0 Å². The first-order valence-electron chi connectivity index (χ1n) is 9.87. The molecule has 158 valence electrons. The van der Waals surface area contributed by atoms with Gasteiger partial charge in [0.2, 0.25) is 5.91 Å². The van der Waals surface area contributed by atoms with Crippen molar-refractivity contribution >= 4 is 34.3 Å². The first-order chi connectivity index (χ1) is 15.1. The van der Waals surface area contributed by atoms with Gasteiger partial charge in [-0.1, -0.05) is 18.2 Å². The highest BCUT2D eigenvalue weighted by Crippen LogP contribution is 2.35. The van der Waals surface area contributed by atoms with Crippen LogP contribution in [0.4, 0.5) is 16.2 Å². The summed E-state index contributed by atoms with van der Waals surface area (Å²) in [5.41, 5.74) is 0.513. The number of hydrogen-bond acceptors (Lipinski definition) is 6. The minimum Gasteiger partial charge on any atom is -0.486 e. The molecule has 2 aromatic carbocycles. The molecule has 2 aliphatic heterocycles. The van der Waals surface area contributed by atoms with Crippen LogP contribution in [0.15, 0.2) is 57.7 Å². The Morgan fingerprint density at radius 2 is 1.77 bits per heavy atom. The summed E-state index contributed by atoms with van der Waals surface area (Å²) in [6, 6.07) is 13.6. The molecule has 5 rings (SSSR count). The van der Waals surface area contributed by atoms with Gasteiger partial charge in [-0.05, 0) is 24.3 Å². The second-order valence-electron chi connectivity index (χ2n) is 7.22. The van der Waals surface area contributed by atoms with Gasteiger partial charge in [-0.2, -0.15) is 0 Å². The third kappa shape index (κ3) is 3.65. The van der Waals surface area contributed by atoms with Crippen molar-refractivity contribution in [1.29, 1.82) is 0 Å². The molecule has 0 bridgehead atoms. The molecule has 3 aromatic rings. The molecule has 1 fully saturated rings. The number of fused-ring (bicyclic) bond motifs is 2. The molecular formula is C22H19N3O6. The lowest BCUT2D eigenvalue weighted by atomic mass is 10.2. The third-order valence-corrected chi connectivity index (χ3v) is 5.18. The summed E-state index contributed by atoms with van der Waals surface area (Å²) >= 11 is 0. The molecule has 9 heteroatoms. The molecule has 3 amide bonds. The number of anilines is 2. The third-order valence-electron chi connectivity index (χ3n) is 5.18. The number of hydrogen-bond donors (Lipinski definition) is 1. The Kier molecular flexibility index (Phi) is 4.70. The fraction of sp³-hybridized carbons (Fsp3) is 0.227. The smallest absolute Gasteiger partial charge is 0.360 e. The maximum absolute atomic E-state index is 12.8. The number of amides is 3. The number of ether oxygens (including phenoxy) is 2. The predicted octanol–water partition coefficient (Wildman–Crippen LogP) is 2.44. The fourth-order valence-corrected chi connectivity index (χ4v) is 3.68. The Bertz CT molecular complexity index is 1240. The molecule has 0 aliphatic carbocycles. The van der Waals surface area contributed by atoms with E-state index in [0.29, 0.717) is 54.5 Å². The molecule has 0 spiro atoms. The topological polar surface area (TPSA) is 101 Å². The van der Waals surface area contributed by atoms with Crippen molar-refractivity contribution in [2.45, 2.75) is 0 Å². The van der Waals surface area contributed by atoms with Gasteiger partial charge in [0.05, 0.1) is 0 Å². The molecule has 0 radical (unpaired) electrons. The van der Waals surface area contributed by atoms with Crippen LogP contribution in [0.25, 0.3) is 11.0 Å². The normalized spacial score (nSPS) is 15.4. The van der Waals surface area contributed by atoms with Crippen LogP contribution in [0.1, 0.15) is 0 Å². The van der Waals surface area contributed by atoms with E-state index in [1.165, 1.54) is 4.90 Å². The van der Waals surface area contributed by atoms with E-state index in [1.54, 1.807) is 47.4 Å². The maximum Gasteiger partial charge on any atom is 0.360 e. The number of para-hydroxylation sites is 1. The lowest BCUT2D eigenvalue weighted by Crippen LogP contribution is -2.37. The van der Waals surface area contributed by atoms with E-state index in [1.807, 2.05) is 6.07 Å². The summed E-state index contributed by atoms with van der Waals surface area (Å²) in [6.45, 7) is 1.59. The molecule has 1 N–H and O–H groups in total. The van der Waals surface area contributed by atoms with E-state index in [-0.39, 0.29) is 18.3 Å². The SMILES string of the molecule is O=C(CN1CCN(c2ccc3c(c2)OCCO3)C1=O)Nc1cc2ccccc2oc1=O. The predicted molar refractivity (Wildman–Crippen MR) is 113 cm³/mol. The molecule has 3 heterocycles. The second-order valence-corrected chi connectivity index (χ2v) is 7.22. The summed E-state index contributed by atoms with van der Waals surface area (Å²) in [4.78, 5) is 40.5. The highest BCUT2D eigenvalue weighted by Gasteiger charge is 2.31. The number of nitrogens with zero attached hydrogens (tertiary/aromatic N) is 2. The summed E-state index contributed by atoms with van der Waals surface area (Å²) in [5, 5.41) is 3.25. The van der Waals surface area contributed by atoms with Crippen LogP contribution in [0.3, 0.4) is 0 Å². The molecule has 0 atom stereocenters. The van der Waals surface area contributed by atoms with Gasteiger partial charge in [0.15, 0.2) is 11.5 Å². The van der Waals surface area contributed by atoms with Gasteiger partial charge >= 0.3 is 11.7 Å². The molecule has 0 saturated carbocycles. The Labute approximate surface area is 176 Å². The number of rotatable bonds is 4. The van der Waals surface area contributed by atoms with E-state index >= 15 is 0 Å². The van der Waals surface area contributed by atoms with Gasteiger partial charge in [0.1, 0.15) is 31.0 Å². The van der Waals surface area contributed by atoms with Crippen LogP contribution in [-0.4, -0.2) is 49.7 Å². The van der Waals surface area contributed by atoms with Crippen LogP contribution < -0.4 is 25.3 Å². The van der Waals surface area contributed by atoms with E-state index in [2.05, 4.69) is 5.32 Å². The average molecular weight is 421 g/mol. The first-order valence-corrected chi connectivity index (χ1v) is 9.87. The number of nitrogens with one attached hydrogen (secondary N) is 1. The Hall–Kier alpha value is -4.01. The first kappa shape index (κ1) is 19.0. The van der Waals surface area contributed by atoms with Crippen molar-refractivity contribution in [3.8, 4) is 11.5 Å². The van der Waals surface area contributed by atoms with Crippen molar-refractivity contribution in [2.24, 2.45) is 0 Å². The van der Waals surface area contributed by atoms with Crippen LogP contribution in [0.5, 0.6) is 11.5 Å². The Balaban J connectivity index is 1.27. The van der Waals surface area contributed by atoms with Gasteiger partial charge < -0.3 is 24.1 Å². The quantitative estimate of drug-likeness (QED) is 0.650. The minimum absolute atomic E-state index is 0.0408. The summed E-state index contributed by atoms with van der Waals surface area (Å²) in [6.07, 6.45) is 0. The molecule has 2 aliphatic rings. The Morgan fingerprint density at radius 3 is 2.65 bits per heavy atom. The van der Waals surface area contributed by atoms with E-state index < -0.39 is 11.5 Å². The number of benzene rings is 2. The van der Waals surface area contributed by atoms with Crippen LogP contribution in [0, 0.1) is 0 Å². The average Bonchev–Trinajstić information content (AvgIpc) is 3.14. The lowest BCUT2D eigenvalue weighted by Gasteiger charge is -2.22. The van der Waals surface area contributed by atoms with Gasteiger partial charge in [-0.25, -0.2) is 9.59 Å². The molecule has 1 saturated heterocycles. The summed E-state index contributed by atoms with van der Waals surface area (Å²) < 4.78 is 16.3. The highest BCUT2D eigenvalue weighted by molar-refractivity contribution is 6.00. The molecule has 31 heavy (non-hydrogen) atoms. The van der Waals surface area contributed by atoms with Gasteiger partial charge in [-0.3, -0.25) is 9.69 Å². The zero-order valence-electron chi connectivity index (χ0n) is 16.5. The fourth-order valence-electron chi connectivity index (χ4n) is 3.68. The van der Waals surface area contributed by atoms with Crippen molar-refractivity contribution in [2.75, 3.05) is 43.1 Å². The van der Waals surface area contributed by atoms with Crippen molar-refractivity contribution in [3.05, 3.63) is 59.0 Å². The summed E-state index contributed by atoms with van der Waals surface area (Å²) in [5.74, 6) is 0.767. The second kappa shape index (κ2) is 7.67. The van der Waals surface area contributed by atoms with E-state index in [9.17, 15) is 14.4 Å². The number of urea groups is 1. The standard InChI is InChI=1S/C22H19N3O6/c26-20(23-16-11-14-3-1-2-4-17(14)31-21(16)27)13-24-7-8-25(22(24)28)15-5-6-18-19(12-15)30-10-9-29-18/h1-6,11-12H,7-10,13H2,(H,23,26). The van der Waals surface area contributed by atoms with Crippen molar-refractivity contribution < 1.29 is 23.5 Å². The van der Waals surface area contributed by atoms with Gasteiger partial charge in [-0.15, -0.1) is 0 Å². The summed E-state index contributed by atoms with van der Waals surface area (Å²) in [7, 11) is 0. The molecule has 0 unspecified atom stereocenters. The van der Waals surface area contributed by atoms with Crippen molar-refractivity contribution in [1.82, 2.24) is 4.90 Å². The van der Waals surface area contributed by atoms with Crippen LogP contribution >= 0.6 is 0 Å². The van der Waals surface area contributed by atoms with Crippen LogP contribution in [-0.2, 0) is 4.79 Å². The molecule has 1 aromatic heterocycles. The lowest BCUT2D eigenvalue weighted by molar-refractivity contribution is -0.116. The number of carbonyl (C=O) groups excluding carboxylic acids is 2. The Morgan fingerprint density at radius 1 is 0.968 bits per heavy atom. The monoisotopic (exact) mass is 421 g/mol. The molecule has 9 nitrogen and oxygen atoms in total. The largest absolute Gasteiger partial charge is 0.486 e. The van der Waals surface area contributed by atoms with Gasteiger partial charge in [0.25, 0.3) is 0 Å². The van der Waals surface area contributed by atoms with E-state index in [0.717, 1.165) is 0 Å². The van der Waals surface area contributed by atoms with Crippen LogP contribution in [0.2, 0.25) is 0 Å². The maximum atomic E-state index is 12.8. The highest BCUT2D eigenvalue weighted by atomic mass is 16.6. The zero-order chi connectivity index (χ0) is 21.4. The minimum atomic E-state index is -0.641. The zero-order valence-corrected chi connectivity index (χ0v) is 16.5.